The van der Waals surface area contributed by atoms with Gasteiger partial charge in [-0.1, -0.05) is 42.5 Å². The zero-order chi connectivity index (χ0) is 16.1. The number of para-hydroxylation sites is 1. The molecule has 0 saturated heterocycles. The minimum Gasteiger partial charge on any atom is -0.507 e. The fourth-order valence-corrected chi connectivity index (χ4v) is 2.06. The lowest BCUT2D eigenvalue weighted by atomic mass is 10.2. The zero-order valence-corrected chi connectivity index (χ0v) is 12.1. The first-order valence-corrected chi connectivity index (χ1v) is 7.01. The maximum Gasteiger partial charge on any atom is 0.275 e. The van der Waals surface area contributed by atoms with Crippen molar-refractivity contribution in [2.75, 3.05) is 0 Å². The Balaban J connectivity index is 1.66. The summed E-state index contributed by atoms with van der Waals surface area (Å²) in [5.74, 6) is 0.652. The fourth-order valence-electron chi connectivity index (χ4n) is 2.06. The number of nitrogens with zero attached hydrogens (tertiary/aromatic N) is 1. The molecule has 0 bridgehead atoms. The van der Waals surface area contributed by atoms with Crippen molar-refractivity contribution in [3.05, 3.63) is 78.1 Å². The van der Waals surface area contributed by atoms with Crippen LogP contribution in [0.1, 0.15) is 16.1 Å². The summed E-state index contributed by atoms with van der Waals surface area (Å²) < 4.78 is 5.63. The summed E-state index contributed by atoms with van der Waals surface area (Å²) in [5.41, 5.74) is 3.47. The van der Waals surface area contributed by atoms with Crippen molar-refractivity contribution in [3.8, 4) is 17.1 Å². The Kier molecular flexibility index (Phi) is 4.20. The van der Waals surface area contributed by atoms with Crippen molar-refractivity contribution < 1.29 is 14.3 Å². The van der Waals surface area contributed by atoms with Crippen LogP contribution in [0.3, 0.4) is 0 Å². The van der Waals surface area contributed by atoms with E-state index in [2.05, 4.69) is 10.5 Å². The monoisotopic (exact) mass is 306 g/mol. The zero-order valence-electron chi connectivity index (χ0n) is 12.1. The van der Waals surface area contributed by atoms with E-state index in [0.717, 1.165) is 11.3 Å². The van der Waals surface area contributed by atoms with Gasteiger partial charge in [-0.3, -0.25) is 4.79 Å². The van der Waals surface area contributed by atoms with E-state index in [1.807, 2.05) is 36.4 Å². The molecule has 0 aliphatic carbocycles. The summed E-state index contributed by atoms with van der Waals surface area (Å²) in [5, 5.41) is 13.4. The number of hydrazone groups is 1. The second-order valence-corrected chi connectivity index (χ2v) is 4.78. The quantitative estimate of drug-likeness (QED) is 0.573. The molecule has 3 rings (SSSR count). The molecule has 0 radical (unpaired) electrons. The van der Waals surface area contributed by atoms with Crippen LogP contribution in [0.2, 0.25) is 0 Å². The van der Waals surface area contributed by atoms with Gasteiger partial charge in [-0.15, -0.1) is 0 Å². The van der Waals surface area contributed by atoms with Crippen LogP contribution in [-0.4, -0.2) is 17.2 Å². The van der Waals surface area contributed by atoms with Gasteiger partial charge in [0, 0.05) is 5.56 Å². The fraction of sp³-hybridized carbons (Fsp3) is 0. The van der Waals surface area contributed by atoms with Gasteiger partial charge in [-0.2, -0.15) is 5.10 Å². The van der Waals surface area contributed by atoms with Crippen molar-refractivity contribution in [2.24, 2.45) is 5.10 Å². The number of aromatic hydroxyl groups is 1. The Hall–Kier alpha value is -3.34. The summed E-state index contributed by atoms with van der Waals surface area (Å²) in [6.07, 6.45) is 1.41. The Morgan fingerprint density at radius 3 is 2.52 bits per heavy atom. The van der Waals surface area contributed by atoms with Crippen molar-refractivity contribution in [2.45, 2.75) is 0 Å². The highest BCUT2D eigenvalue weighted by Crippen LogP contribution is 2.20. The number of rotatable bonds is 4. The maximum atomic E-state index is 11.9. The summed E-state index contributed by atoms with van der Waals surface area (Å²) in [6.45, 7) is 0. The molecule has 2 aromatic carbocycles. The van der Waals surface area contributed by atoms with Crippen LogP contribution in [0.25, 0.3) is 11.3 Å². The van der Waals surface area contributed by atoms with Gasteiger partial charge in [0.1, 0.15) is 17.3 Å². The van der Waals surface area contributed by atoms with Gasteiger partial charge in [-0.25, -0.2) is 5.43 Å². The molecule has 114 valence electrons. The van der Waals surface area contributed by atoms with Gasteiger partial charge < -0.3 is 9.52 Å². The predicted molar refractivity (Wildman–Crippen MR) is 87.3 cm³/mol. The smallest absolute Gasteiger partial charge is 0.275 e. The number of benzene rings is 2. The second kappa shape index (κ2) is 6.62. The van der Waals surface area contributed by atoms with E-state index in [9.17, 15) is 9.90 Å². The van der Waals surface area contributed by atoms with Crippen molar-refractivity contribution >= 4 is 12.1 Å². The summed E-state index contributed by atoms with van der Waals surface area (Å²) in [7, 11) is 0. The molecular weight excluding hydrogens is 292 g/mol. The Bertz CT molecular complexity index is 838. The normalized spacial score (nSPS) is 10.8. The van der Waals surface area contributed by atoms with Crippen LogP contribution in [-0.2, 0) is 0 Å². The number of phenolic OH excluding ortho intramolecular Hbond substituents is 1. The van der Waals surface area contributed by atoms with Crippen LogP contribution >= 0.6 is 0 Å². The van der Waals surface area contributed by atoms with Crippen molar-refractivity contribution in [1.82, 2.24) is 5.43 Å². The minimum atomic E-state index is -0.491. The lowest BCUT2D eigenvalue weighted by Gasteiger charge is -2.01. The van der Waals surface area contributed by atoms with E-state index in [-0.39, 0.29) is 11.3 Å². The number of nitrogens with one attached hydrogen (secondary N) is 1. The molecule has 1 amide bonds. The average Bonchev–Trinajstić information content (AvgIpc) is 3.05. The van der Waals surface area contributed by atoms with Gasteiger partial charge in [-0.05, 0) is 24.3 Å². The number of furan rings is 1. The van der Waals surface area contributed by atoms with E-state index in [1.54, 1.807) is 18.2 Å². The van der Waals surface area contributed by atoms with E-state index in [1.165, 1.54) is 18.3 Å². The second-order valence-electron chi connectivity index (χ2n) is 4.78. The lowest BCUT2D eigenvalue weighted by molar-refractivity contribution is 0.0952. The summed E-state index contributed by atoms with van der Waals surface area (Å²) >= 11 is 0. The highest BCUT2D eigenvalue weighted by atomic mass is 16.3. The molecule has 0 aliphatic heterocycles. The number of hydrogen-bond donors (Lipinski definition) is 2. The SMILES string of the molecule is O=C(N/N=C/c1ccc(-c2ccccc2)o1)c1ccccc1O. The average molecular weight is 306 g/mol. The first kappa shape index (κ1) is 14.6. The lowest BCUT2D eigenvalue weighted by Crippen LogP contribution is -2.17. The van der Waals surface area contributed by atoms with Gasteiger partial charge in [0.15, 0.2) is 0 Å². The van der Waals surface area contributed by atoms with Crippen LogP contribution in [0.5, 0.6) is 5.75 Å². The van der Waals surface area contributed by atoms with Gasteiger partial charge in [0.2, 0.25) is 0 Å². The number of carbonyl (C=O) groups is 1. The van der Waals surface area contributed by atoms with Crippen LogP contribution < -0.4 is 5.43 Å². The summed E-state index contributed by atoms with van der Waals surface area (Å²) in [6, 6.07) is 19.5. The highest BCUT2D eigenvalue weighted by molar-refractivity contribution is 5.97. The molecule has 1 aromatic heterocycles. The Morgan fingerprint density at radius 2 is 1.74 bits per heavy atom. The molecule has 5 nitrogen and oxygen atoms in total. The van der Waals surface area contributed by atoms with E-state index < -0.39 is 5.91 Å². The molecule has 3 aromatic rings. The van der Waals surface area contributed by atoms with Crippen LogP contribution in [0.4, 0.5) is 0 Å². The largest absolute Gasteiger partial charge is 0.507 e. The van der Waals surface area contributed by atoms with Gasteiger partial charge >= 0.3 is 0 Å². The number of carbonyl (C=O) groups excluding carboxylic acids is 1. The molecule has 0 spiro atoms. The molecule has 23 heavy (non-hydrogen) atoms. The van der Waals surface area contributed by atoms with Crippen molar-refractivity contribution in [1.29, 1.82) is 0 Å². The van der Waals surface area contributed by atoms with E-state index in [0.29, 0.717) is 5.76 Å². The van der Waals surface area contributed by atoms with Crippen LogP contribution in [0.15, 0.2) is 76.2 Å². The summed E-state index contributed by atoms with van der Waals surface area (Å²) in [4.78, 5) is 11.9. The molecule has 0 fully saturated rings. The van der Waals surface area contributed by atoms with Crippen LogP contribution in [0, 0.1) is 0 Å². The number of hydrogen-bond acceptors (Lipinski definition) is 4. The molecule has 1 heterocycles. The molecule has 5 heteroatoms. The topological polar surface area (TPSA) is 74.8 Å². The maximum absolute atomic E-state index is 11.9. The molecule has 0 unspecified atom stereocenters. The number of amides is 1. The Morgan fingerprint density at radius 1 is 1.00 bits per heavy atom. The number of phenols is 1. The predicted octanol–water partition coefficient (Wildman–Crippen LogP) is 3.42. The molecule has 0 atom stereocenters. The molecule has 0 saturated carbocycles. The van der Waals surface area contributed by atoms with Crippen molar-refractivity contribution in [3.63, 3.8) is 0 Å². The standard InChI is InChI=1S/C18H14N2O3/c21-16-9-5-4-8-15(16)18(22)20-19-12-14-10-11-17(23-14)13-6-2-1-3-7-13/h1-12,21H,(H,20,22)/b19-12+. The third kappa shape index (κ3) is 3.47. The third-order valence-corrected chi connectivity index (χ3v) is 3.19. The van der Waals surface area contributed by atoms with Gasteiger partial charge in [0.25, 0.3) is 5.91 Å². The Labute approximate surface area is 132 Å². The van der Waals surface area contributed by atoms with E-state index >= 15 is 0 Å². The molecule has 0 aliphatic rings. The third-order valence-electron chi connectivity index (χ3n) is 3.19. The highest BCUT2D eigenvalue weighted by Gasteiger charge is 2.08. The van der Waals surface area contributed by atoms with E-state index in [4.69, 9.17) is 4.42 Å². The molecular formula is C18H14N2O3. The van der Waals surface area contributed by atoms with Gasteiger partial charge in [0.05, 0.1) is 11.8 Å². The first-order chi connectivity index (χ1) is 11.2. The first-order valence-electron chi connectivity index (χ1n) is 7.01. The minimum absolute atomic E-state index is 0.0930. The molecule has 2 N–H and O–H groups in total.